The largest absolute Gasteiger partial charge is 0.465 e. The van der Waals surface area contributed by atoms with Crippen molar-refractivity contribution in [1.29, 1.82) is 0 Å². The van der Waals surface area contributed by atoms with E-state index < -0.39 is 0 Å². The Labute approximate surface area is 183 Å². The first-order valence-electron chi connectivity index (χ1n) is 8.96. The zero-order chi connectivity index (χ0) is 21.0. The normalized spacial score (nSPS) is 10.6. The molecule has 0 unspecified atom stereocenters. The summed E-state index contributed by atoms with van der Waals surface area (Å²) in [6.45, 7) is 4.60. The molecular weight excluding hydrogens is 428 g/mol. The van der Waals surface area contributed by atoms with Crippen LogP contribution in [0, 0.1) is 6.92 Å². The predicted molar refractivity (Wildman–Crippen MR) is 122 cm³/mol. The molecule has 9 heteroatoms. The molecule has 0 amide bonds. The first-order chi connectivity index (χ1) is 13.9. The molecule has 0 atom stereocenters. The number of halogens is 1. The van der Waals surface area contributed by atoms with Crippen molar-refractivity contribution >= 4 is 56.9 Å². The first kappa shape index (κ1) is 21.3. The molecule has 0 saturated carbocycles. The van der Waals surface area contributed by atoms with Crippen LogP contribution in [0.5, 0.6) is 0 Å². The third-order valence-electron chi connectivity index (χ3n) is 4.31. The molecule has 0 aliphatic carbocycles. The van der Waals surface area contributed by atoms with E-state index >= 15 is 0 Å². The Morgan fingerprint density at radius 3 is 2.83 bits per heavy atom. The van der Waals surface area contributed by atoms with E-state index in [1.165, 1.54) is 18.4 Å². The smallest absolute Gasteiger partial charge is 0.341 e. The van der Waals surface area contributed by atoms with Gasteiger partial charge in [-0.05, 0) is 48.8 Å². The number of ether oxygens (including phenoxy) is 1. The van der Waals surface area contributed by atoms with Gasteiger partial charge in [0, 0.05) is 16.8 Å². The highest BCUT2D eigenvalue weighted by molar-refractivity contribution is 7.80. The summed E-state index contributed by atoms with van der Waals surface area (Å²) in [6.07, 6.45) is 4.12. The van der Waals surface area contributed by atoms with Crippen LogP contribution in [0.25, 0.3) is 0 Å². The third kappa shape index (κ3) is 5.14. The minimum absolute atomic E-state index is 0.364. The van der Waals surface area contributed by atoms with Crippen molar-refractivity contribution in [2.45, 2.75) is 26.8 Å². The number of aryl methyl sites for hydroxylation is 1. The molecule has 0 saturated heterocycles. The van der Waals surface area contributed by atoms with Gasteiger partial charge in [-0.25, -0.2) is 4.79 Å². The summed E-state index contributed by atoms with van der Waals surface area (Å²) < 4.78 is 6.72. The number of thiophene rings is 1. The fraction of sp³-hybridized carbons (Fsp3) is 0.250. The molecule has 29 heavy (non-hydrogen) atoms. The Kier molecular flexibility index (Phi) is 6.89. The monoisotopic (exact) mass is 448 g/mol. The Bertz CT molecular complexity index is 1050. The highest BCUT2D eigenvalue weighted by Gasteiger charge is 2.22. The van der Waals surface area contributed by atoms with Crippen LogP contribution in [0.15, 0.2) is 36.7 Å². The Morgan fingerprint density at radius 1 is 1.38 bits per heavy atom. The van der Waals surface area contributed by atoms with E-state index in [1.807, 2.05) is 38.1 Å². The molecule has 3 rings (SSSR count). The first-order valence-corrected chi connectivity index (χ1v) is 10.6. The van der Waals surface area contributed by atoms with Gasteiger partial charge in [0.05, 0.1) is 30.4 Å². The molecule has 0 bridgehead atoms. The fourth-order valence-electron chi connectivity index (χ4n) is 3.04. The van der Waals surface area contributed by atoms with E-state index in [0.29, 0.717) is 27.2 Å². The topological polar surface area (TPSA) is 68.2 Å². The van der Waals surface area contributed by atoms with Gasteiger partial charge in [-0.15, -0.1) is 11.3 Å². The van der Waals surface area contributed by atoms with Gasteiger partial charge in [0.15, 0.2) is 5.11 Å². The minimum Gasteiger partial charge on any atom is -0.465 e. The maximum atomic E-state index is 12.3. The SMILES string of the molecule is CCc1c(C)sc(NC(=S)Nc2cccc(Cn3cc(Cl)cn3)c2)c1C(=O)OC. The Hall–Kier alpha value is -2.42. The molecule has 0 aliphatic rings. The second kappa shape index (κ2) is 9.39. The minimum atomic E-state index is -0.364. The molecule has 152 valence electrons. The van der Waals surface area contributed by atoms with Crippen LogP contribution >= 0.6 is 35.2 Å². The van der Waals surface area contributed by atoms with Gasteiger partial charge in [-0.2, -0.15) is 5.10 Å². The van der Waals surface area contributed by atoms with Crippen molar-refractivity contribution in [3.63, 3.8) is 0 Å². The number of aromatic nitrogens is 2. The van der Waals surface area contributed by atoms with Gasteiger partial charge < -0.3 is 15.4 Å². The molecule has 3 aromatic rings. The zero-order valence-electron chi connectivity index (χ0n) is 16.3. The van der Waals surface area contributed by atoms with Gasteiger partial charge in [0.25, 0.3) is 0 Å². The van der Waals surface area contributed by atoms with Crippen molar-refractivity contribution < 1.29 is 9.53 Å². The maximum absolute atomic E-state index is 12.3. The average molecular weight is 449 g/mol. The molecular formula is C20H21ClN4O2S2. The number of rotatable bonds is 6. The van der Waals surface area contributed by atoms with Gasteiger partial charge in [0.2, 0.25) is 0 Å². The van der Waals surface area contributed by atoms with Gasteiger partial charge in [-0.3, -0.25) is 4.68 Å². The van der Waals surface area contributed by atoms with E-state index in [0.717, 1.165) is 28.1 Å². The van der Waals surface area contributed by atoms with Crippen LogP contribution in [-0.2, 0) is 17.7 Å². The average Bonchev–Trinajstić information content (AvgIpc) is 3.23. The number of thiocarbonyl (C=S) groups is 1. The van der Waals surface area contributed by atoms with Crippen LogP contribution < -0.4 is 10.6 Å². The molecule has 6 nitrogen and oxygen atoms in total. The Morgan fingerprint density at radius 2 is 2.17 bits per heavy atom. The van der Waals surface area contributed by atoms with Gasteiger partial charge >= 0.3 is 5.97 Å². The molecule has 0 fully saturated rings. The van der Waals surface area contributed by atoms with E-state index in [2.05, 4.69) is 15.7 Å². The summed E-state index contributed by atoms with van der Waals surface area (Å²) in [5.41, 5.74) is 3.41. The fourth-order valence-corrected chi connectivity index (χ4v) is 4.61. The lowest BCUT2D eigenvalue weighted by Gasteiger charge is -2.12. The molecule has 2 N–H and O–H groups in total. The van der Waals surface area contributed by atoms with Crippen molar-refractivity contribution in [3.8, 4) is 0 Å². The number of methoxy groups -OCH3 is 1. The number of nitrogens with one attached hydrogen (secondary N) is 2. The second-order valence-electron chi connectivity index (χ2n) is 6.32. The highest BCUT2D eigenvalue weighted by atomic mass is 35.5. The molecule has 2 heterocycles. The summed E-state index contributed by atoms with van der Waals surface area (Å²) in [5, 5.41) is 12.2. The van der Waals surface area contributed by atoms with Gasteiger partial charge in [-0.1, -0.05) is 30.7 Å². The maximum Gasteiger partial charge on any atom is 0.341 e. The third-order valence-corrected chi connectivity index (χ3v) is 5.77. The van der Waals surface area contributed by atoms with Crippen LogP contribution in [0.2, 0.25) is 5.02 Å². The second-order valence-corrected chi connectivity index (χ2v) is 8.39. The van der Waals surface area contributed by atoms with Crippen molar-refractivity contribution in [2.24, 2.45) is 0 Å². The summed E-state index contributed by atoms with van der Waals surface area (Å²) in [4.78, 5) is 13.3. The van der Waals surface area contributed by atoms with Crippen LogP contribution in [-0.4, -0.2) is 28.0 Å². The summed E-state index contributed by atoms with van der Waals surface area (Å²) in [6, 6.07) is 7.85. The number of hydrogen-bond acceptors (Lipinski definition) is 5. The van der Waals surface area contributed by atoms with Crippen molar-refractivity contribution in [3.05, 3.63) is 63.2 Å². The number of hydrogen-bond donors (Lipinski definition) is 2. The lowest BCUT2D eigenvalue weighted by Crippen LogP contribution is -2.20. The Balaban J connectivity index is 1.73. The van der Waals surface area contributed by atoms with E-state index in [4.69, 9.17) is 28.6 Å². The quantitative estimate of drug-likeness (QED) is 0.403. The standard InChI is InChI=1S/C20H21ClN4O2S2/c1-4-16-12(2)29-18(17(16)19(26)27-3)24-20(28)23-15-7-5-6-13(8-15)10-25-11-14(21)9-22-25/h5-9,11H,4,10H2,1-3H3,(H2,23,24,28). The molecule has 0 spiro atoms. The molecule has 2 aromatic heterocycles. The predicted octanol–water partition coefficient (Wildman–Crippen LogP) is 5.11. The van der Waals surface area contributed by atoms with E-state index in [1.54, 1.807) is 17.1 Å². The van der Waals surface area contributed by atoms with Crippen molar-refractivity contribution in [1.82, 2.24) is 9.78 Å². The number of benzene rings is 1. The van der Waals surface area contributed by atoms with E-state index in [9.17, 15) is 4.79 Å². The van der Waals surface area contributed by atoms with Crippen LogP contribution in [0.4, 0.5) is 10.7 Å². The number of esters is 1. The lowest BCUT2D eigenvalue weighted by molar-refractivity contribution is 0.0601. The number of carbonyl (C=O) groups is 1. The summed E-state index contributed by atoms with van der Waals surface area (Å²) in [5.74, 6) is -0.364. The zero-order valence-corrected chi connectivity index (χ0v) is 18.7. The summed E-state index contributed by atoms with van der Waals surface area (Å²) >= 11 is 12.9. The van der Waals surface area contributed by atoms with Gasteiger partial charge in [0.1, 0.15) is 5.00 Å². The van der Waals surface area contributed by atoms with Crippen LogP contribution in [0.1, 0.15) is 33.3 Å². The number of carbonyl (C=O) groups excluding carboxylic acids is 1. The molecule has 0 aliphatic heterocycles. The van der Waals surface area contributed by atoms with Crippen molar-refractivity contribution in [2.75, 3.05) is 17.7 Å². The molecule has 1 aromatic carbocycles. The summed E-state index contributed by atoms with van der Waals surface area (Å²) in [7, 11) is 1.38. The van der Waals surface area contributed by atoms with Crippen LogP contribution in [0.3, 0.4) is 0 Å². The molecule has 0 radical (unpaired) electrons. The van der Waals surface area contributed by atoms with E-state index in [-0.39, 0.29) is 5.97 Å². The number of anilines is 2. The lowest BCUT2D eigenvalue weighted by atomic mass is 10.1. The number of nitrogens with zero attached hydrogens (tertiary/aromatic N) is 2. The highest BCUT2D eigenvalue weighted by Crippen LogP contribution is 2.34.